The molecule has 4 unspecified atom stereocenters. The highest BCUT2D eigenvalue weighted by atomic mass is 16.2. The minimum absolute atomic E-state index is 0.0255. The first-order chi connectivity index (χ1) is 8.90. The highest BCUT2D eigenvalue weighted by molar-refractivity contribution is 5.79. The van der Waals surface area contributed by atoms with Crippen molar-refractivity contribution in [1.29, 1.82) is 0 Å². The van der Waals surface area contributed by atoms with Crippen LogP contribution in [-0.4, -0.2) is 17.5 Å². The SMILES string of the molecule is CC(N)C(C)(C)NC(=O)C1CCC2CCCCC2C1. The summed E-state index contributed by atoms with van der Waals surface area (Å²) >= 11 is 0. The van der Waals surface area contributed by atoms with Gasteiger partial charge in [0.05, 0.1) is 0 Å². The van der Waals surface area contributed by atoms with Crippen LogP contribution in [-0.2, 0) is 4.79 Å². The standard InChI is InChI=1S/C16H30N2O/c1-11(17)16(2,3)18-15(19)14-9-8-12-6-4-5-7-13(12)10-14/h11-14H,4-10,17H2,1-3H3,(H,18,19). The maximum Gasteiger partial charge on any atom is 0.223 e. The Balaban J connectivity index is 1.90. The van der Waals surface area contributed by atoms with Gasteiger partial charge in [0.1, 0.15) is 0 Å². The van der Waals surface area contributed by atoms with Gasteiger partial charge in [-0.25, -0.2) is 0 Å². The first kappa shape index (κ1) is 14.8. The van der Waals surface area contributed by atoms with Gasteiger partial charge in [-0.05, 0) is 51.9 Å². The maximum absolute atomic E-state index is 12.4. The number of nitrogens with one attached hydrogen (secondary N) is 1. The number of rotatable bonds is 3. The van der Waals surface area contributed by atoms with Gasteiger partial charge in [0.2, 0.25) is 5.91 Å². The second-order valence-corrected chi connectivity index (χ2v) is 7.31. The van der Waals surface area contributed by atoms with Gasteiger partial charge in [-0.3, -0.25) is 4.79 Å². The van der Waals surface area contributed by atoms with E-state index in [2.05, 4.69) is 5.32 Å². The highest BCUT2D eigenvalue weighted by Gasteiger charge is 2.36. The van der Waals surface area contributed by atoms with E-state index in [1.807, 2.05) is 20.8 Å². The van der Waals surface area contributed by atoms with Crippen LogP contribution in [0.3, 0.4) is 0 Å². The molecule has 2 fully saturated rings. The van der Waals surface area contributed by atoms with E-state index in [0.717, 1.165) is 24.7 Å². The van der Waals surface area contributed by atoms with Crippen molar-refractivity contribution >= 4 is 5.91 Å². The Labute approximate surface area is 117 Å². The molecule has 0 aliphatic heterocycles. The van der Waals surface area contributed by atoms with E-state index < -0.39 is 0 Å². The second-order valence-electron chi connectivity index (χ2n) is 7.31. The van der Waals surface area contributed by atoms with E-state index in [1.165, 1.54) is 32.1 Å². The van der Waals surface area contributed by atoms with Crippen molar-refractivity contribution in [1.82, 2.24) is 5.32 Å². The first-order valence-corrected chi connectivity index (χ1v) is 7.97. The van der Waals surface area contributed by atoms with Crippen molar-refractivity contribution < 1.29 is 4.79 Å². The first-order valence-electron chi connectivity index (χ1n) is 7.97. The quantitative estimate of drug-likeness (QED) is 0.825. The fraction of sp³-hybridized carbons (Fsp3) is 0.938. The Kier molecular flexibility index (Phi) is 4.54. The molecule has 110 valence electrons. The molecule has 0 radical (unpaired) electrons. The molecule has 0 heterocycles. The van der Waals surface area contributed by atoms with Crippen LogP contribution in [0.5, 0.6) is 0 Å². The van der Waals surface area contributed by atoms with Gasteiger partial charge < -0.3 is 11.1 Å². The lowest BCUT2D eigenvalue weighted by molar-refractivity contribution is -0.129. The van der Waals surface area contributed by atoms with Crippen LogP contribution >= 0.6 is 0 Å². The molecule has 2 aliphatic rings. The number of amides is 1. The summed E-state index contributed by atoms with van der Waals surface area (Å²) < 4.78 is 0. The number of hydrogen-bond acceptors (Lipinski definition) is 2. The number of hydrogen-bond donors (Lipinski definition) is 2. The van der Waals surface area contributed by atoms with Crippen LogP contribution in [0.25, 0.3) is 0 Å². The van der Waals surface area contributed by atoms with E-state index in [-0.39, 0.29) is 23.4 Å². The number of fused-ring (bicyclic) bond motifs is 1. The lowest BCUT2D eigenvalue weighted by Gasteiger charge is -2.40. The Morgan fingerprint density at radius 2 is 1.79 bits per heavy atom. The monoisotopic (exact) mass is 266 g/mol. The highest BCUT2D eigenvalue weighted by Crippen LogP contribution is 2.42. The zero-order valence-electron chi connectivity index (χ0n) is 12.7. The third-order valence-electron chi connectivity index (χ3n) is 5.49. The van der Waals surface area contributed by atoms with Crippen LogP contribution in [0.4, 0.5) is 0 Å². The summed E-state index contributed by atoms with van der Waals surface area (Å²) in [6, 6.07) is -0.0255. The largest absolute Gasteiger partial charge is 0.349 e. The topological polar surface area (TPSA) is 55.1 Å². The summed E-state index contributed by atoms with van der Waals surface area (Å²) in [5.41, 5.74) is 5.63. The van der Waals surface area contributed by atoms with Crippen LogP contribution in [0.1, 0.15) is 65.7 Å². The molecule has 3 nitrogen and oxygen atoms in total. The number of nitrogens with two attached hydrogens (primary N) is 1. The smallest absolute Gasteiger partial charge is 0.223 e. The Morgan fingerprint density at radius 1 is 1.16 bits per heavy atom. The van der Waals surface area contributed by atoms with E-state index >= 15 is 0 Å². The summed E-state index contributed by atoms with van der Waals surface area (Å²) in [6.45, 7) is 5.99. The van der Waals surface area contributed by atoms with Gasteiger partial charge in [0.15, 0.2) is 0 Å². The molecule has 2 saturated carbocycles. The van der Waals surface area contributed by atoms with Crippen LogP contribution in [0.2, 0.25) is 0 Å². The van der Waals surface area contributed by atoms with Gasteiger partial charge in [-0.15, -0.1) is 0 Å². The fourth-order valence-electron chi connectivity index (χ4n) is 3.64. The lowest BCUT2D eigenvalue weighted by atomic mass is 9.67. The molecule has 0 saturated heterocycles. The van der Waals surface area contributed by atoms with E-state index in [1.54, 1.807) is 0 Å². The normalized spacial score (nSPS) is 33.4. The third kappa shape index (κ3) is 3.50. The zero-order valence-corrected chi connectivity index (χ0v) is 12.7. The molecule has 1 amide bonds. The average molecular weight is 266 g/mol. The minimum atomic E-state index is -0.305. The van der Waals surface area contributed by atoms with Gasteiger partial charge in [0.25, 0.3) is 0 Å². The molecule has 4 atom stereocenters. The van der Waals surface area contributed by atoms with Crippen molar-refractivity contribution in [2.75, 3.05) is 0 Å². The van der Waals surface area contributed by atoms with Crippen LogP contribution < -0.4 is 11.1 Å². The summed E-state index contributed by atoms with van der Waals surface area (Å²) in [7, 11) is 0. The molecule has 2 aliphatic carbocycles. The second kappa shape index (κ2) is 5.82. The summed E-state index contributed by atoms with van der Waals surface area (Å²) in [5.74, 6) is 2.15. The van der Waals surface area contributed by atoms with Crippen molar-refractivity contribution in [2.24, 2.45) is 23.5 Å². The zero-order chi connectivity index (χ0) is 14.0. The number of carbonyl (C=O) groups excluding carboxylic acids is 1. The predicted molar refractivity (Wildman–Crippen MR) is 78.7 cm³/mol. The van der Waals surface area contributed by atoms with Gasteiger partial charge in [-0.2, -0.15) is 0 Å². The maximum atomic E-state index is 12.4. The molecule has 2 rings (SSSR count). The van der Waals surface area contributed by atoms with Crippen LogP contribution in [0, 0.1) is 17.8 Å². The van der Waals surface area contributed by atoms with Gasteiger partial charge in [-0.1, -0.05) is 25.7 Å². The van der Waals surface area contributed by atoms with E-state index in [0.29, 0.717) is 0 Å². The Bertz CT molecular complexity index is 325. The molecular formula is C16H30N2O. The molecule has 0 bridgehead atoms. The summed E-state index contributed by atoms with van der Waals surface area (Å²) in [5, 5.41) is 3.16. The lowest BCUT2D eigenvalue weighted by Crippen LogP contribution is -2.56. The fourth-order valence-corrected chi connectivity index (χ4v) is 3.64. The van der Waals surface area contributed by atoms with Gasteiger partial charge >= 0.3 is 0 Å². The molecule has 0 aromatic heterocycles. The molecule has 3 heteroatoms. The predicted octanol–water partition coefficient (Wildman–Crippen LogP) is 2.83. The van der Waals surface area contributed by atoms with Crippen molar-refractivity contribution in [2.45, 2.75) is 77.3 Å². The Hall–Kier alpha value is -0.570. The van der Waals surface area contributed by atoms with Gasteiger partial charge in [0, 0.05) is 17.5 Å². The number of carbonyl (C=O) groups is 1. The van der Waals surface area contributed by atoms with Crippen molar-refractivity contribution in [3.8, 4) is 0 Å². The van der Waals surface area contributed by atoms with Crippen molar-refractivity contribution in [3.05, 3.63) is 0 Å². The van der Waals surface area contributed by atoms with Crippen LogP contribution in [0.15, 0.2) is 0 Å². The Morgan fingerprint density at radius 3 is 2.42 bits per heavy atom. The molecule has 0 spiro atoms. The summed E-state index contributed by atoms with van der Waals surface area (Å²) in [4.78, 5) is 12.4. The molecule has 0 aromatic rings. The molecule has 19 heavy (non-hydrogen) atoms. The molecular weight excluding hydrogens is 236 g/mol. The van der Waals surface area contributed by atoms with Crippen molar-refractivity contribution in [3.63, 3.8) is 0 Å². The summed E-state index contributed by atoms with van der Waals surface area (Å²) in [6.07, 6.45) is 8.92. The van der Waals surface area contributed by atoms with E-state index in [9.17, 15) is 4.79 Å². The third-order valence-corrected chi connectivity index (χ3v) is 5.49. The average Bonchev–Trinajstić information content (AvgIpc) is 2.37. The molecule has 0 aromatic carbocycles. The minimum Gasteiger partial charge on any atom is -0.349 e. The molecule has 3 N–H and O–H groups in total. The van der Waals surface area contributed by atoms with E-state index in [4.69, 9.17) is 5.73 Å².